The lowest BCUT2D eigenvalue weighted by atomic mass is 9.98. The molecule has 0 aliphatic rings. The zero-order valence-corrected chi connectivity index (χ0v) is 12.4. The third kappa shape index (κ3) is 3.11. The van der Waals surface area contributed by atoms with Gasteiger partial charge in [0.25, 0.3) is 0 Å². The molecule has 0 radical (unpaired) electrons. The highest BCUT2D eigenvalue weighted by Gasteiger charge is 2.14. The maximum atomic E-state index is 13.4. The second kappa shape index (κ2) is 5.95. The number of nitrogens with two attached hydrogens (primary N) is 1. The van der Waals surface area contributed by atoms with Crippen molar-refractivity contribution in [3.8, 4) is 0 Å². The summed E-state index contributed by atoms with van der Waals surface area (Å²) in [6, 6.07) is 10.7. The van der Waals surface area contributed by atoms with E-state index in [-0.39, 0.29) is 11.9 Å². The van der Waals surface area contributed by atoms with E-state index in [4.69, 9.17) is 17.3 Å². The summed E-state index contributed by atoms with van der Waals surface area (Å²) in [7, 11) is 0. The molecule has 1 atom stereocenters. The van der Waals surface area contributed by atoms with E-state index in [0.717, 1.165) is 11.1 Å². The first-order valence-corrected chi connectivity index (χ1v) is 7.48. The Morgan fingerprint density at radius 2 is 1.84 bits per heavy atom. The molecule has 4 heteroatoms. The molecule has 100 valence electrons. The smallest absolute Gasteiger partial charge is 0.127 e. The second-order valence-corrected chi connectivity index (χ2v) is 5.66. The molecule has 0 fully saturated rings. The van der Waals surface area contributed by atoms with Crippen LogP contribution in [0.25, 0.3) is 0 Å². The maximum Gasteiger partial charge on any atom is 0.127 e. The minimum atomic E-state index is -0.345. The second-order valence-electron chi connectivity index (χ2n) is 4.37. The molecule has 2 aromatic carbocycles. The number of benzene rings is 2. The van der Waals surface area contributed by atoms with Crippen LogP contribution in [0.15, 0.2) is 41.3 Å². The normalized spacial score (nSPS) is 12.5. The summed E-state index contributed by atoms with van der Waals surface area (Å²) in [6.07, 6.45) is 2.02. The number of hydrogen-bond donors (Lipinski definition) is 1. The largest absolute Gasteiger partial charge is 0.320 e. The minimum Gasteiger partial charge on any atom is -0.320 e. The summed E-state index contributed by atoms with van der Waals surface area (Å²) in [4.78, 5) is 1.18. The summed E-state index contributed by atoms with van der Waals surface area (Å²) in [6.45, 7) is 1.71. The Bertz CT molecular complexity index is 583. The molecule has 0 heterocycles. The van der Waals surface area contributed by atoms with Crippen molar-refractivity contribution in [2.45, 2.75) is 17.9 Å². The molecule has 2 N–H and O–H groups in total. The number of rotatable bonds is 3. The Kier molecular flexibility index (Phi) is 4.50. The van der Waals surface area contributed by atoms with Gasteiger partial charge in [0.2, 0.25) is 0 Å². The number of thioether (sulfide) groups is 1. The van der Waals surface area contributed by atoms with E-state index < -0.39 is 0 Å². The predicted octanol–water partition coefficient (Wildman–Crippen LogP) is 4.56. The highest BCUT2D eigenvalue weighted by Crippen LogP contribution is 2.29. The average molecular weight is 296 g/mol. The lowest BCUT2D eigenvalue weighted by Crippen LogP contribution is -2.13. The molecule has 0 saturated heterocycles. The zero-order valence-electron chi connectivity index (χ0n) is 10.8. The van der Waals surface area contributed by atoms with Crippen LogP contribution >= 0.6 is 23.4 Å². The summed E-state index contributed by atoms with van der Waals surface area (Å²) in [5.41, 5.74) is 8.48. The van der Waals surface area contributed by atoms with E-state index in [9.17, 15) is 4.39 Å². The summed E-state index contributed by atoms with van der Waals surface area (Å²) >= 11 is 7.76. The van der Waals surface area contributed by atoms with Crippen LogP contribution in [0.5, 0.6) is 0 Å². The molecule has 2 aromatic rings. The van der Waals surface area contributed by atoms with E-state index in [0.29, 0.717) is 10.6 Å². The van der Waals surface area contributed by atoms with Gasteiger partial charge in [0.05, 0.1) is 6.04 Å². The summed E-state index contributed by atoms with van der Waals surface area (Å²) in [5.74, 6) is -0.307. The lowest BCUT2D eigenvalue weighted by molar-refractivity contribution is 0.617. The lowest BCUT2D eigenvalue weighted by Gasteiger charge is -2.15. The van der Waals surface area contributed by atoms with Gasteiger partial charge in [-0.25, -0.2) is 4.39 Å². The highest BCUT2D eigenvalue weighted by atomic mass is 35.5. The van der Waals surface area contributed by atoms with Crippen LogP contribution in [0, 0.1) is 12.7 Å². The molecular formula is C15H15ClFNS. The van der Waals surface area contributed by atoms with Crippen LogP contribution in [0.3, 0.4) is 0 Å². The molecule has 2 rings (SSSR count). The van der Waals surface area contributed by atoms with Gasteiger partial charge in [0.15, 0.2) is 0 Å². The summed E-state index contributed by atoms with van der Waals surface area (Å²) in [5, 5.41) is 0.365. The Morgan fingerprint density at radius 1 is 1.21 bits per heavy atom. The van der Waals surface area contributed by atoms with Crippen LogP contribution in [-0.4, -0.2) is 6.26 Å². The fourth-order valence-electron chi connectivity index (χ4n) is 1.91. The van der Waals surface area contributed by atoms with Gasteiger partial charge in [-0.05, 0) is 54.1 Å². The van der Waals surface area contributed by atoms with Gasteiger partial charge in [-0.15, -0.1) is 11.8 Å². The molecule has 0 aromatic heterocycles. The molecule has 19 heavy (non-hydrogen) atoms. The van der Waals surface area contributed by atoms with Crippen LogP contribution in [0.1, 0.15) is 22.7 Å². The average Bonchev–Trinajstić information content (AvgIpc) is 2.42. The molecular weight excluding hydrogens is 281 g/mol. The van der Waals surface area contributed by atoms with Crippen molar-refractivity contribution >= 4 is 23.4 Å². The van der Waals surface area contributed by atoms with Crippen molar-refractivity contribution in [1.82, 2.24) is 0 Å². The summed E-state index contributed by atoms with van der Waals surface area (Å²) < 4.78 is 13.4. The third-order valence-corrected chi connectivity index (χ3v) is 4.16. The standard InChI is InChI=1S/C15H15ClFNS/c1-9-7-12(13(16)8-14(9)17)15(18)10-3-5-11(19-2)6-4-10/h3-8,15H,18H2,1-2H3. The molecule has 0 aliphatic carbocycles. The van der Waals surface area contributed by atoms with E-state index in [2.05, 4.69) is 0 Å². The Balaban J connectivity index is 2.37. The number of hydrogen-bond acceptors (Lipinski definition) is 2. The molecule has 0 saturated carbocycles. The Morgan fingerprint density at radius 3 is 2.42 bits per heavy atom. The van der Waals surface area contributed by atoms with Crippen molar-refractivity contribution in [3.05, 3.63) is 63.9 Å². The minimum absolute atomic E-state index is 0.307. The molecule has 0 spiro atoms. The maximum absolute atomic E-state index is 13.4. The predicted molar refractivity (Wildman–Crippen MR) is 80.4 cm³/mol. The quantitative estimate of drug-likeness (QED) is 0.840. The SMILES string of the molecule is CSc1ccc(C(N)c2cc(C)c(F)cc2Cl)cc1. The fraction of sp³-hybridized carbons (Fsp3) is 0.200. The fourth-order valence-corrected chi connectivity index (χ4v) is 2.58. The molecule has 0 bridgehead atoms. The van der Waals surface area contributed by atoms with E-state index in [1.54, 1.807) is 24.8 Å². The van der Waals surface area contributed by atoms with E-state index in [1.807, 2.05) is 30.5 Å². The molecule has 0 aliphatic heterocycles. The van der Waals surface area contributed by atoms with Crippen LogP contribution in [0.2, 0.25) is 5.02 Å². The van der Waals surface area contributed by atoms with Gasteiger partial charge in [-0.1, -0.05) is 23.7 Å². The van der Waals surface area contributed by atoms with Gasteiger partial charge in [0, 0.05) is 9.92 Å². The Labute approximate surface area is 122 Å². The van der Waals surface area contributed by atoms with Gasteiger partial charge < -0.3 is 5.73 Å². The Hall–Kier alpha value is -1.03. The zero-order chi connectivity index (χ0) is 14.0. The number of aryl methyl sites for hydroxylation is 1. The molecule has 1 unspecified atom stereocenters. The van der Waals surface area contributed by atoms with Crippen molar-refractivity contribution in [3.63, 3.8) is 0 Å². The molecule has 1 nitrogen and oxygen atoms in total. The van der Waals surface area contributed by atoms with Crippen molar-refractivity contribution in [1.29, 1.82) is 0 Å². The van der Waals surface area contributed by atoms with Crippen LogP contribution in [-0.2, 0) is 0 Å². The topological polar surface area (TPSA) is 26.0 Å². The van der Waals surface area contributed by atoms with Crippen LogP contribution < -0.4 is 5.73 Å². The first kappa shape index (κ1) is 14.4. The van der Waals surface area contributed by atoms with Crippen LogP contribution in [0.4, 0.5) is 4.39 Å². The van der Waals surface area contributed by atoms with Crippen molar-refractivity contribution in [2.24, 2.45) is 5.73 Å². The van der Waals surface area contributed by atoms with E-state index >= 15 is 0 Å². The third-order valence-electron chi connectivity index (χ3n) is 3.09. The molecule has 0 amide bonds. The highest BCUT2D eigenvalue weighted by molar-refractivity contribution is 7.98. The monoisotopic (exact) mass is 295 g/mol. The first-order chi connectivity index (χ1) is 9.02. The van der Waals surface area contributed by atoms with Gasteiger partial charge in [0.1, 0.15) is 5.82 Å². The first-order valence-electron chi connectivity index (χ1n) is 5.88. The van der Waals surface area contributed by atoms with Gasteiger partial charge >= 0.3 is 0 Å². The van der Waals surface area contributed by atoms with Crippen molar-refractivity contribution < 1.29 is 4.39 Å². The number of halogens is 2. The van der Waals surface area contributed by atoms with Gasteiger partial charge in [-0.3, -0.25) is 0 Å². The van der Waals surface area contributed by atoms with Crippen molar-refractivity contribution in [2.75, 3.05) is 6.26 Å². The van der Waals surface area contributed by atoms with Gasteiger partial charge in [-0.2, -0.15) is 0 Å². The van der Waals surface area contributed by atoms with E-state index in [1.165, 1.54) is 11.0 Å².